The molecule has 4 atom stereocenters. The molecule has 3 N–H and O–H groups in total. The van der Waals surface area contributed by atoms with Crippen LogP contribution in [-0.4, -0.2) is 66.3 Å². The van der Waals surface area contributed by atoms with Crippen molar-refractivity contribution >= 4 is 45.8 Å². The third-order valence-electron chi connectivity index (χ3n) is 8.72. The molecule has 0 saturated heterocycles. The maximum absolute atomic E-state index is 13.6. The van der Waals surface area contributed by atoms with Gasteiger partial charge in [-0.05, 0) is 56.6 Å². The van der Waals surface area contributed by atoms with Gasteiger partial charge in [0, 0.05) is 35.1 Å². The number of anilines is 2. The van der Waals surface area contributed by atoms with Gasteiger partial charge in [0.2, 0.25) is 5.88 Å². The van der Waals surface area contributed by atoms with Crippen LogP contribution in [0.2, 0.25) is 0 Å². The lowest BCUT2D eigenvalue weighted by Gasteiger charge is -2.15. The van der Waals surface area contributed by atoms with Gasteiger partial charge < -0.3 is 25.2 Å². The fraction of sp³-hybridized carbons (Fsp3) is 0.500. The zero-order valence-corrected chi connectivity index (χ0v) is 23.0. The SMILES string of the molecule is [2H]C([2H])([2H])n1c(=O)n([C@@H]2CC[C@@]([2H])(NC(=O)OC)C2)c2cc(Nc3ccc4c(OC)nn([C@@]5(C(=O)O)C[C@@H]5C5CC5)c4n3)ncc21. The van der Waals surface area contributed by atoms with Gasteiger partial charge >= 0.3 is 17.8 Å². The summed E-state index contributed by atoms with van der Waals surface area (Å²) in [7, 11) is 2.65. The number of imidazole rings is 1. The van der Waals surface area contributed by atoms with Gasteiger partial charge in [0.25, 0.3) is 0 Å². The summed E-state index contributed by atoms with van der Waals surface area (Å²) < 4.78 is 46.3. The molecule has 3 aliphatic rings. The zero-order valence-electron chi connectivity index (χ0n) is 27.0. The summed E-state index contributed by atoms with van der Waals surface area (Å²) in [6.45, 7) is -2.80. The molecular weight excluding hydrogens is 544 g/mol. The Morgan fingerprint density at radius 3 is 2.74 bits per heavy atom. The largest absolute Gasteiger partial charge is 0.479 e. The van der Waals surface area contributed by atoms with E-state index in [0.717, 1.165) is 12.8 Å². The highest BCUT2D eigenvalue weighted by molar-refractivity contribution is 5.88. The van der Waals surface area contributed by atoms with Gasteiger partial charge in [0.05, 0.1) is 38.2 Å². The number of amides is 1. The molecule has 3 saturated carbocycles. The van der Waals surface area contributed by atoms with E-state index in [-0.39, 0.29) is 41.5 Å². The molecule has 4 aromatic rings. The van der Waals surface area contributed by atoms with Gasteiger partial charge in [0.1, 0.15) is 11.6 Å². The van der Waals surface area contributed by atoms with Crippen molar-refractivity contribution in [2.45, 2.75) is 56.1 Å². The van der Waals surface area contributed by atoms with Gasteiger partial charge in [-0.2, -0.15) is 0 Å². The van der Waals surface area contributed by atoms with E-state index >= 15 is 0 Å². The number of aryl methyl sites for hydroxylation is 1. The van der Waals surface area contributed by atoms with Gasteiger partial charge in [-0.25, -0.2) is 29.0 Å². The van der Waals surface area contributed by atoms with Crippen LogP contribution in [-0.2, 0) is 22.0 Å². The number of fused-ring (bicyclic) bond motifs is 2. The Morgan fingerprint density at radius 1 is 1.19 bits per heavy atom. The predicted octanol–water partition coefficient (Wildman–Crippen LogP) is 2.89. The first-order chi connectivity index (χ1) is 21.8. The molecule has 0 aliphatic heterocycles. The van der Waals surface area contributed by atoms with E-state index < -0.39 is 42.3 Å². The van der Waals surface area contributed by atoms with Crippen molar-refractivity contribution in [1.29, 1.82) is 0 Å². The summed E-state index contributed by atoms with van der Waals surface area (Å²) in [6.07, 6.45) is 3.54. The number of carboxylic acids is 1. The lowest BCUT2D eigenvalue weighted by Crippen LogP contribution is -2.33. The van der Waals surface area contributed by atoms with Crippen LogP contribution in [0.1, 0.15) is 50.0 Å². The van der Waals surface area contributed by atoms with Crippen molar-refractivity contribution in [3.63, 3.8) is 0 Å². The number of nitrogens with zero attached hydrogens (tertiary/aromatic N) is 6. The van der Waals surface area contributed by atoms with E-state index in [9.17, 15) is 19.5 Å². The van der Waals surface area contributed by atoms with Crippen LogP contribution in [0.3, 0.4) is 0 Å². The second-order valence-corrected chi connectivity index (χ2v) is 11.2. The highest BCUT2D eigenvalue weighted by Gasteiger charge is 2.68. The van der Waals surface area contributed by atoms with Gasteiger partial charge in [-0.1, -0.05) is 0 Å². The maximum Gasteiger partial charge on any atom is 0.407 e. The standard InChI is InChI=1S/C28H32N8O6/c1-34-20-13-29-22(11-19(20)35(27(34)40)16-7-6-15(10-16)30-26(39)42-3)31-21-9-8-17-23(32-21)36(33-24(17)41-2)28(25(37)38)12-18(28)14-4-5-14/h8-9,11,13-16,18H,4-7,10,12H2,1-3H3,(H,30,39)(H,37,38)(H,29,31,32)/t15-,16-,18-,28+/m1/s1/i1D3,15D. The van der Waals surface area contributed by atoms with E-state index in [1.54, 1.807) is 12.1 Å². The molecule has 14 nitrogen and oxygen atoms in total. The van der Waals surface area contributed by atoms with E-state index in [1.165, 1.54) is 35.7 Å². The normalized spacial score (nSPS) is 28.5. The number of alkyl carbamates (subject to hydrolysis) is 1. The van der Waals surface area contributed by atoms with Crippen molar-refractivity contribution in [3.05, 3.63) is 34.9 Å². The molecule has 14 heteroatoms. The fourth-order valence-electron chi connectivity index (χ4n) is 6.41. The first kappa shape index (κ1) is 22.0. The van der Waals surface area contributed by atoms with Crippen molar-refractivity contribution in [3.8, 4) is 5.88 Å². The highest BCUT2D eigenvalue weighted by atomic mass is 16.5. The van der Waals surface area contributed by atoms with Crippen molar-refractivity contribution in [2.24, 2.45) is 18.8 Å². The molecule has 0 radical (unpaired) electrons. The summed E-state index contributed by atoms with van der Waals surface area (Å²) in [5.41, 5.74) is -1.31. The molecule has 0 bridgehead atoms. The third-order valence-corrected chi connectivity index (χ3v) is 8.72. The lowest BCUT2D eigenvalue weighted by atomic mass is 10.1. The number of methoxy groups -OCH3 is 2. The summed E-state index contributed by atoms with van der Waals surface area (Å²) in [4.78, 5) is 47.1. The average molecular weight is 581 g/mol. The van der Waals surface area contributed by atoms with Gasteiger partial charge in [-0.3, -0.25) is 9.13 Å². The van der Waals surface area contributed by atoms with Gasteiger partial charge in [0.15, 0.2) is 11.2 Å². The second kappa shape index (κ2) is 9.46. The Labute approximate surface area is 245 Å². The number of hydrogen-bond donors (Lipinski definition) is 3. The summed E-state index contributed by atoms with van der Waals surface area (Å²) in [5, 5.41) is 20.9. The Bertz CT molecular complexity index is 1970. The molecule has 220 valence electrons. The Hall–Kier alpha value is -4.62. The molecule has 0 unspecified atom stereocenters. The highest BCUT2D eigenvalue weighted by Crippen LogP contribution is 2.62. The molecule has 1 amide bonds. The van der Waals surface area contributed by atoms with E-state index in [2.05, 4.69) is 25.5 Å². The minimum absolute atomic E-state index is 0.0415. The Morgan fingerprint density at radius 2 is 2.02 bits per heavy atom. The second-order valence-electron chi connectivity index (χ2n) is 11.2. The molecule has 4 aromatic heterocycles. The minimum Gasteiger partial charge on any atom is -0.479 e. The predicted molar refractivity (Wildman–Crippen MR) is 151 cm³/mol. The smallest absolute Gasteiger partial charge is 0.407 e. The van der Waals surface area contributed by atoms with Crippen LogP contribution in [0, 0.1) is 11.8 Å². The monoisotopic (exact) mass is 580 g/mol. The first-order valence-corrected chi connectivity index (χ1v) is 13.7. The van der Waals surface area contributed by atoms with E-state index in [1.807, 2.05) is 0 Å². The number of rotatable bonds is 8. The summed E-state index contributed by atoms with van der Waals surface area (Å²) in [6, 6.07) is 2.91. The van der Waals surface area contributed by atoms with E-state index in [0.29, 0.717) is 40.2 Å². The molecule has 0 spiro atoms. The lowest BCUT2D eigenvalue weighted by molar-refractivity contribution is -0.143. The molecule has 3 fully saturated rings. The average Bonchev–Trinajstić information content (AvgIpc) is 3.88. The number of nitrogens with one attached hydrogen (secondary N) is 2. The van der Waals surface area contributed by atoms with Crippen molar-refractivity contribution < 1.29 is 29.7 Å². The fourth-order valence-corrected chi connectivity index (χ4v) is 6.41. The maximum atomic E-state index is 13.6. The summed E-state index contributed by atoms with van der Waals surface area (Å²) in [5.74, 6) is 0.145. The number of carboxylic acid groups (broad SMARTS) is 1. The summed E-state index contributed by atoms with van der Waals surface area (Å²) >= 11 is 0. The first-order valence-electron chi connectivity index (χ1n) is 15.7. The molecule has 7 rings (SSSR count). The number of carbonyl (C=O) groups is 2. The Kier molecular flexibility index (Phi) is 4.96. The molecule has 3 aliphatic carbocycles. The van der Waals surface area contributed by atoms with Crippen LogP contribution < -0.4 is 21.1 Å². The van der Waals surface area contributed by atoms with Gasteiger partial charge in [-0.15, -0.1) is 5.10 Å². The number of pyridine rings is 2. The molecular formula is C28H32N8O6. The quantitative estimate of drug-likeness (QED) is 0.282. The number of carbonyl (C=O) groups excluding carboxylic acids is 1. The minimum atomic E-state index is -2.80. The van der Waals surface area contributed by atoms with Crippen LogP contribution in [0.4, 0.5) is 16.4 Å². The topological polar surface area (TPSA) is 167 Å². The van der Waals surface area contributed by atoms with Crippen LogP contribution in [0.25, 0.3) is 22.1 Å². The number of ether oxygens (including phenoxy) is 2. The number of aliphatic carboxylic acids is 1. The zero-order chi connectivity index (χ0) is 32.8. The van der Waals surface area contributed by atoms with Crippen LogP contribution in [0.5, 0.6) is 5.88 Å². The number of aromatic nitrogens is 6. The Balaban J connectivity index is 1.27. The molecule has 4 heterocycles. The number of hydrogen-bond acceptors (Lipinski definition) is 9. The van der Waals surface area contributed by atoms with Crippen LogP contribution >= 0.6 is 0 Å². The third kappa shape index (κ3) is 3.99. The molecule has 42 heavy (non-hydrogen) atoms. The van der Waals surface area contributed by atoms with Crippen LogP contribution in [0.15, 0.2) is 29.2 Å². The molecule has 0 aromatic carbocycles. The van der Waals surface area contributed by atoms with Crippen molar-refractivity contribution in [1.82, 2.24) is 34.2 Å². The van der Waals surface area contributed by atoms with E-state index in [4.69, 9.17) is 15.2 Å². The van der Waals surface area contributed by atoms with Crippen molar-refractivity contribution in [2.75, 3.05) is 19.5 Å².